The molecular formula is C26H23NO2. The summed E-state index contributed by atoms with van der Waals surface area (Å²) < 4.78 is 0. The fraction of sp³-hybridized carbons (Fsp3) is 0.192. The zero-order valence-electron chi connectivity index (χ0n) is 16.2. The number of hydrogen-bond donors (Lipinski definition) is 1. The number of benzene rings is 4. The van der Waals surface area contributed by atoms with Gasteiger partial charge in [-0.15, -0.1) is 0 Å². The summed E-state index contributed by atoms with van der Waals surface area (Å²) in [7, 11) is 0. The van der Waals surface area contributed by atoms with Gasteiger partial charge in [0.05, 0.1) is 5.92 Å². The number of anilines is 1. The Morgan fingerprint density at radius 3 is 2.21 bits per heavy atom. The number of rotatable bonds is 3. The molecule has 1 fully saturated rings. The van der Waals surface area contributed by atoms with Crippen molar-refractivity contribution in [3.63, 3.8) is 0 Å². The first-order valence-electron chi connectivity index (χ1n) is 10.2. The van der Waals surface area contributed by atoms with Gasteiger partial charge in [0, 0.05) is 24.3 Å². The molecule has 29 heavy (non-hydrogen) atoms. The van der Waals surface area contributed by atoms with Gasteiger partial charge in [0.1, 0.15) is 0 Å². The molecule has 0 aromatic heterocycles. The third-order valence-electron chi connectivity index (χ3n) is 6.15. The standard InChI is InChI=1S/C26H23NO2/c28-26(29)20-14-16-27(17-15-20)24-13-12-22-21-9-5-4-6-18(21)10-11-23(22)25(24)19-7-2-1-3-8-19/h1-13,20H,14-17H2,(H,28,29). The number of fused-ring (bicyclic) bond motifs is 3. The average Bonchev–Trinajstić information content (AvgIpc) is 2.78. The maximum absolute atomic E-state index is 11.4. The molecule has 3 heteroatoms. The molecule has 1 heterocycles. The summed E-state index contributed by atoms with van der Waals surface area (Å²) in [6, 6.07) is 27.9. The lowest BCUT2D eigenvalue weighted by Gasteiger charge is -2.34. The van der Waals surface area contributed by atoms with Crippen molar-refractivity contribution in [1.29, 1.82) is 0 Å². The van der Waals surface area contributed by atoms with Gasteiger partial charge in [0.2, 0.25) is 0 Å². The zero-order valence-corrected chi connectivity index (χ0v) is 16.2. The molecule has 0 bridgehead atoms. The lowest BCUT2D eigenvalue weighted by atomic mass is 9.91. The van der Waals surface area contributed by atoms with E-state index in [1.165, 1.54) is 38.4 Å². The molecular weight excluding hydrogens is 358 g/mol. The summed E-state index contributed by atoms with van der Waals surface area (Å²) in [5.41, 5.74) is 3.63. The first-order chi connectivity index (χ1) is 14.2. The zero-order chi connectivity index (χ0) is 19.8. The molecule has 1 aliphatic rings. The molecule has 5 rings (SSSR count). The van der Waals surface area contributed by atoms with Crippen LogP contribution in [-0.4, -0.2) is 24.2 Å². The smallest absolute Gasteiger partial charge is 0.306 e. The third-order valence-corrected chi connectivity index (χ3v) is 6.15. The highest BCUT2D eigenvalue weighted by Crippen LogP contribution is 2.41. The largest absolute Gasteiger partial charge is 0.481 e. The number of piperidine rings is 1. The van der Waals surface area contributed by atoms with E-state index in [-0.39, 0.29) is 5.92 Å². The molecule has 3 nitrogen and oxygen atoms in total. The third kappa shape index (κ3) is 3.13. The number of carboxylic acids is 1. The molecule has 1 saturated heterocycles. The second-order valence-electron chi connectivity index (χ2n) is 7.81. The summed E-state index contributed by atoms with van der Waals surface area (Å²) in [6.45, 7) is 1.55. The van der Waals surface area contributed by atoms with Gasteiger partial charge in [0.25, 0.3) is 0 Å². The second-order valence-corrected chi connectivity index (χ2v) is 7.81. The maximum Gasteiger partial charge on any atom is 0.306 e. The van der Waals surface area contributed by atoms with Crippen LogP contribution >= 0.6 is 0 Å². The Morgan fingerprint density at radius 1 is 0.759 bits per heavy atom. The van der Waals surface area contributed by atoms with Crippen LogP contribution in [0.2, 0.25) is 0 Å². The van der Waals surface area contributed by atoms with E-state index in [0.717, 1.165) is 13.1 Å². The van der Waals surface area contributed by atoms with E-state index in [4.69, 9.17) is 0 Å². The van der Waals surface area contributed by atoms with Gasteiger partial charge in [-0.3, -0.25) is 4.79 Å². The number of carboxylic acid groups (broad SMARTS) is 1. The normalized spacial score (nSPS) is 15.1. The molecule has 4 aromatic rings. The quantitative estimate of drug-likeness (QED) is 0.445. The topological polar surface area (TPSA) is 40.5 Å². The Hall–Kier alpha value is -3.33. The fourth-order valence-electron chi connectivity index (χ4n) is 4.62. The van der Waals surface area contributed by atoms with Crippen molar-refractivity contribution in [2.75, 3.05) is 18.0 Å². The van der Waals surface area contributed by atoms with Crippen LogP contribution < -0.4 is 4.90 Å². The molecule has 0 atom stereocenters. The van der Waals surface area contributed by atoms with E-state index in [1.54, 1.807) is 0 Å². The number of hydrogen-bond acceptors (Lipinski definition) is 2. The van der Waals surface area contributed by atoms with Crippen LogP contribution in [0.3, 0.4) is 0 Å². The SMILES string of the molecule is O=C(O)C1CCN(c2ccc3c(ccc4ccccc43)c2-c2ccccc2)CC1. The monoisotopic (exact) mass is 381 g/mol. The van der Waals surface area contributed by atoms with Crippen LogP contribution in [0.5, 0.6) is 0 Å². The summed E-state index contributed by atoms with van der Waals surface area (Å²) in [5, 5.41) is 14.4. The van der Waals surface area contributed by atoms with E-state index in [2.05, 4.69) is 77.7 Å². The molecule has 0 aliphatic carbocycles. The predicted octanol–water partition coefficient (Wildman–Crippen LogP) is 5.96. The van der Waals surface area contributed by atoms with E-state index in [9.17, 15) is 9.90 Å². The van der Waals surface area contributed by atoms with Crippen molar-refractivity contribution >= 4 is 33.2 Å². The van der Waals surface area contributed by atoms with Gasteiger partial charge in [-0.05, 0) is 46.0 Å². The molecule has 1 aliphatic heterocycles. The fourth-order valence-corrected chi connectivity index (χ4v) is 4.62. The van der Waals surface area contributed by atoms with Crippen molar-refractivity contribution in [2.24, 2.45) is 5.92 Å². The minimum absolute atomic E-state index is 0.226. The minimum atomic E-state index is -0.669. The number of carbonyl (C=O) groups is 1. The lowest BCUT2D eigenvalue weighted by molar-refractivity contribution is -0.142. The first kappa shape index (κ1) is 17.7. The van der Waals surface area contributed by atoms with Crippen molar-refractivity contribution in [3.05, 3.63) is 78.9 Å². The minimum Gasteiger partial charge on any atom is -0.481 e. The van der Waals surface area contributed by atoms with Gasteiger partial charge in [0.15, 0.2) is 0 Å². The molecule has 144 valence electrons. The molecule has 0 amide bonds. The Labute approximate surface area is 170 Å². The highest BCUT2D eigenvalue weighted by atomic mass is 16.4. The van der Waals surface area contributed by atoms with Crippen molar-refractivity contribution in [2.45, 2.75) is 12.8 Å². The van der Waals surface area contributed by atoms with Crippen LogP contribution in [0, 0.1) is 5.92 Å². The van der Waals surface area contributed by atoms with E-state index in [0.29, 0.717) is 12.8 Å². The van der Waals surface area contributed by atoms with Crippen LogP contribution in [-0.2, 0) is 4.79 Å². The van der Waals surface area contributed by atoms with Gasteiger partial charge >= 0.3 is 5.97 Å². The number of aliphatic carboxylic acids is 1. The Bertz CT molecular complexity index is 1190. The molecule has 0 saturated carbocycles. The molecule has 0 spiro atoms. The van der Waals surface area contributed by atoms with E-state index in [1.807, 2.05) is 6.07 Å². The van der Waals surface area contributed by atoms with Crippen molar-refractivity contribution in [1.82, 2.24) is 0 Å². The van der Waals surface area contributed by atoms with Crippen molar-refractivity contribution < 1.29 is 9.90 Å². The maximum atomic E-state index is 11.4. The van der Waals surface area contributed by atoms with Crippen LogP contribution in [0.4, 0.5) is 5.69 Å². The second kappa shape index (κ2) is 7.25. The molecule has 0 unspecified atom stereocenters. The van der Waals surface area contributed by atoms with E-state index < -0.39 is 5.97 Å². The highest BCUT2D eigenvalue weighted by Gasteiger charge is 2.26. The Morgan fingerprint density at radius 2 is 1.45 bits per heavy atom. The summed E-state index contributed by atoms with van der Waals surface area (Å²) in [6.07, 6.45) is 1.39. The van der Waals surface area contributed by atoms with Gasteiger partial charge < -0.3 is 10.0 Å². The van der Waals surface area contributed by atoms with Crippen molar-refractivity contribution in [3.8, 4) is 11.1 Å². The molecule has 1 N–H and O–H groups in total. The summed E-state index contributed by atoms with van der Waals surface area (Å²) in [4.78, 5) is 13.7. The summed E-state index contributed by atoms with van der Waals surface area (Å²) in [5.74, 6) is -0.895. The van der Waals surface area contributed by atoms with E-state index >= 15 is 0 Å². The van der Waals surface area contributed by atoms with Gasteiger partial charge in [-0.25, -0.2) is 0 Å². The lowest BCUT2D eigenvalue weighted by Crippen LogP contribution is -2.36. The summed E-state index contributed by atoms with van der Waals surface area (Å²) >= 11 is 0. The van der Waals surface area contributed by atoms with Crippen LogP contribution in [0.15, 0.2) is 78.9 Å². The highest BCUT2D eigenvalue weighted by molar-refractivity contribution is 6.14. The molecule has 0 radical (unpaired) electrons. The predicted molar refractivity (Wildman–Crippen MR) is 119 cm³/mol. The Balaban J connectivity index is 1.70. The van der Waals surface area contributed by atoms with Crippen LogP contribution in [0.1, 0.15) is 12.8 Å². The first-order valence-corrected chi connectivity index (χ1v) is 10.2. The van der Waals surface area contributed by atoms with Gasteiger partial charge in [-0.1, -0.05) is 72.8 Å². The number of nitrogens with zero attached hydrogens (tertiary/aromatic N) is 1. The molecule has 4 aromatic carbocycles. The average molecular weight is 381 g/mol. The van der Waals surface area contributed by atoms with Crippen LogP contribution in [0.25, 0.3) is 32.7 Å². The van der Waals surface area contributed by atoms with Gasteiger partial charge in [-0.2, -0.15) is 0 Å². The Kier molecular flexibility index (Phi) is 4.44.